The number of nitrogens with zero attached hydrogens (tertiary/aromatic N) is 1. The smallest absolute Gasteiger partial charge is 0.150 e. The number of hydrogen-bond donors (Lipinski definition) is 1. The van der Waals surface area contributed by atoms with Gasteiger partial charge in [0.15, 0.2) is 0 Å². The molecule has 4 heteroatoms. The zero-order chi connectivity index (χ0) is 14.4. The molecule has 20 heavy (non-hydrogen) atoms. The summed E-state index contributed by atoms with van der Waals surface area (Å²) in [6.07, 6.45) is 2.29. The summed E-state index contributed by atoms with van der Waals surface area (Å²) < 4.78 is 19.8. The Labute approximate surface area is 121 Å². The first kappa shape index (κ1) is 15.1. The van der Waals surface area contributed by atoms with E-state index in [0.29, 0.717) is 24.0 Å². The topological polar surface area (TPSA) is 24.5 Å². The summed E-state index contributed by atoms with van der Waals surface area (Å²) in [4.78, 5) is 2.08. The van der Waals surface area contributed by atoms with E-state index < -0.39 is 0 Å². The summed E-state index contributed by atoms with van der Waals surface area (Å²) in [7, 11) is 0. The van der Waals surface area contributed by atoms with E-state index in [0.717, 1.165) is 39.0 Å². The van der Waals surface area contributed by atoms with Gasteiger partial charge in [-0.3, -0.25) is 0 Å². The van der Waals surface area contributed by atoms with Crippen molar-refractivity contribution in [3.8, 4) is 5.75 Å². The van der Waals surface area contributed by atoms with Crippen LogP contribution in [0.1, 0.15) is 26.7 Å². The highest BCUT2D eigenvalue weighted by Gasteiger charge is 2.15. The van der Waals surface area contributed by atoms with Gasteiger partial charge in [-0.05, 0) is 24.5 Å². The summed E-state index contributed by atoms with van der Waals surface area (Å²) in [5.41, 5.74) is 0.681. The number of benzene rings is 1. The second-order valence-corrected chi connectivity index (χ2v) is 5.56. The van der Waals surface area contributed by atoms with E-state index >= 15 is 0 Å². The maximum absolute atomic E-state index is 14.2. The fourth-order valence-electron chi connectivity index (χ4n) is 2.55. The van der Waals surface area contributed by atoms with Crippen LogP contribution in [-0.4, -0.2) is 32.8 Å². The number of rotatable bonds is 6. The Hall–Kier alpha value is -1.29. The summed E-state index contributed by atoms with van der Waals surface area (Å²) in [6, 6.07) is 5.22. The SMILES string of the molecule is CCCC(C)COc1ccc(N2CCNCC2)c(F)c1. The van der Waals surface area contributed by atoms with Crippen molar-refractivity contribution in [3.05, 3.63) is 24.0 Å². The van der Waals surface area contributed by atoms with Gasteiger partial charge in [0, 0.05) is 32.2 Å². The Morgan fingerprint density at radius 1 is 1.35 bits per heavy atom. The fourth-order valence-corrected chi connectivity index (χ4v) is 2.55. The molecular weight excluding hydrogens is 255 g/mol. The summed E-state index contributed by atoms with van der Waals surface area (Å²) in [6.45, 7) is 8.50. The van der Waals surface area contributed by atoms with Crippen LogP contribution in [0.5, 0.6) is 5.75 Å². The van der Waals surface area contributed by atoms with Gasteiger partial charge in [-0.25, -0.2) is 4.39 Å². The fraction of sp³-hybridized carbons (Fsp3) is 0.625. The van der Waals surface area contributed by atoms with Gasteiger partial charge >= 0.3 is 0 Å². The third-order valence-electron chi connectivity index (χ3n) is 3.69. The van der Waals surface area contributed by atoms with E-state index in [9.17, 15) is 4.39 Å². The van der Waals surface area contributed by atoms with Crippen LogP contribution in [-0.2, 0) is 0 Å². The summed E-state index contributed by atoms with van der Waals surface area (Å²) >= 11 is 0. The van der Waals surface area contributed by atoms with Gasteiger partial charge in [0.1, 0.15) is 11.6 Å². The molecule has 0 aromatic heterocycles. The van der Waals surface area contributed by atoms with Crippen LogP contribution in [0.4, 0.5) is 10.1 Å². The van der Waals surface area contributed by atoms with Crippen LogP contribution >= 0.6 is 0 Å². The Morgan fingerprint density at radius 3 is 2.75 bits per heavy atom. The minimum Gasteiger partial charge on any atom is -0.493 e. The van der Waals surface area contributed by atoms with Crippen molar-refractivity contribution in [2.24, 2.45) is 5.92 Å². The number of hydrogen-bond acceptors (Lipinski definition) is 3. The first-order chi connectivity index (χ1) is 9.70. The molecular formula is C16H25FN2O. The molecule has 112 valence electrons. The predicted octanol–water partition coefficient (Wildman–Crippen LogP) is 3.05. The zero-order valence-corrected chi connectivity index (χ0v) is 12.5. The Bertz CT molecular complexity index is 419. The van der Waals surface area contributed by atoms with Crippen molar-refractivity contribution < 1.29 is 9.13 Å². The third-order valence-corrected chi connectivity index (χ3v) is 3.69. The number of ether oxygens (including phenoxy) is 1. The molecule has 1 atom stereocenters. The second-order valence-electron chi connectivity index (χ2n) is 5.56. The highest BCUT2D eigenvalue weighted by Crippen LogP contribution is 2.25. The molecule has 1 fully saturated rings. The number of piperazine rings is 1. The average Bonchev–Trinajstić information content (AvgIpc) is 2.46. The van der Waals surface area contributed by atoms with Crippen LogP contribution in [0.3, 0.4) is 0 Å². The normalized spacial score (nSPS) is 17.1. The molecule has 3 nitrogen and oxygen atoms in total. The highest BCUT2D eigenvalue weighted by atomic mass is 19.1. The Morgan fingerprint density at radius 2 is 2.10 bits per heavy atom. The quantitative estimate of drug-likeness (QED) is 0.867. The third kappa shape index (κ3) is 4.10. The maximum atomic E-state index is 14.2. The molecule has 1 aliphatic heterocycles. The van der Waals surface area contributed by atoms with Gasteiger partial charge < -0.3 is 15.0 Å². The standard InChI is InChI=1S/C16H25FN2O/c1-3-4-13(2)12-20-14-5-6-16(15(17)11-14)19-9-7-18-8-10-19/h5-6,11,13,18H,3-4,7-10,12H2,1-2H3. The highest BCUT2D eigenvalue weighted by molar-refractivity contribution is 5.51. The lowest BCUT2D eigenvalue weighted by Gasteiger charge is -2.29. The molecule has 0 amide bonds. The zero-order valence-electron chi connectivity index (χ0n) is 12.5. The van der Waals surface area contributed by atoms with Crippen molar-refractivity contribution in [1.82, 2.24) is 5.32 Å². The maximum Gasteiger partial charge on any atom is 0.150 e. The van der Waals surface area contributed by atoms with Crippen LogP contribution in [0.2, 0.25) is 0 Å². The number of halogens is 1. The lowest BCUT2D eigenvalue weighted by molar-refractivity contribution is 0.250. The van der Waals surface area contributed by atoms with Crippen molar-refractivity contribution in [1.29, 1.82) is 0 Å². The minimum atomic E-state index is -0.187. The monoisotopic (exact) mass is 280 g/mol. The lowest BCUT2D eigenvalue weighted by Crippen LogP contribution is -2.43. The van der Waals surface area contributed by atoms with Gasteiger partial charge in [-0.15, -0.1) is 0 Å². The molecule has 2 rings (SSSR count). The molecule has 1 aliphatic rings. The number of anilines is 1. The summed E-state index contributed by atoms with van der Waals surface area (Å²) in [5, 5.41) is 3.27. The molecule has 1 aromatic rings. The molecule has 0 saturated carbocycles. The molecule has 1 saturated heterocycles. The van der Waals surface area contributed by atoms with E-state index in [1.807, 2.05) is 12.1 Å². The average molecular weight is 280 g/mol. The predicted molar refractivity (Wildman–Crippen MR) is 81.0 cm³/mol. The van der Waals surface area contributed by atoms with Gasteiger partial charge in [0.05, 0.1) is 12.3 Å². The molecule has 1 heterocycles. The largest absolute Gasteiger partial charge is 0.493 e. The van der Waals surface area contributed by atoms with Crippen molar-refractivity contribution in [2.45, 2.75) is 26.7 Å². The molecule has 1 N–H and O–H groups in total. The first-order valence-electron chi connectivity index (χ1n) is 7.58. The van der Waals surface area contributed by atoms with Crippen LogP contribution < -0.4 is 15.0 Å². The molecule has 0 bridgehead atoms. The second kappa shape index (κ2) is 7.48. The molecule has 0 aliphatic carbocycles. The summed E-state index contributed by atoms with van der Waals surface area (Å²) in [5.74, 6) is 0.952. The van der Waals surface area contributed by atoms with Crippen molar-refractivity contribution >= 4 is 5.69 Å². The minimum absolute atomic E-state index is 0.187. The Balaban J connectivity index is 1.94. The molecule has 1 aromatic carbocycles. The van der Waals surface area contributed by atoms with Crippen molar-refractivity contribution in [2.75, 3.05) is 37.7 Å². The molecule has 0 radical (unpaired) electrons. The molecule has 0 spiro atoms. The van der Waals surface area contributed by atoms with Gasteiger partial charge in [0.25, 0.3) is 0 Å². The van der Waals surface area contributed by atoms with Crippen LogP contribution in [0.25, 0.3) is 0 Å². The molecule has 1 unspecified atom stereocenters. The van der Waals surface area contributed by atoms with Gasteiger partial charge in [-0.2, -0.15) is 0 Å². The van der Waals surface area contributed by atoms with E-state index in [1.54, 1.807) is 0 Å². The lowest BCUT2D eigenvalue weighted by atomic mass is 10.1. The van der Waals surface area contributed by atoms with E-state index in [-0.39, 0.29) is 5.82 Å². The van der Waals surface area contributed by atoms with Crippen LogP contribution in [0.15, 0.2) is 18.2 Å². The Kier molecular flexibility index (Phi) is 5.65. The van der Waals surface area contributed by atoms with Crippen molar-refractivity contribution in [3.63, 3.8) is 0 Å². The van der Waals surface area contributed by atoms with E-state index in [2.05, 4.69) is 24.1 Å². The van der Waals surface area contributed by atoms with E-state index in [4.69, 9.17) is 4.74 Å². The van der Waals surface area contributed by atoms with Gasteiger partial charge in [-0.1, -0.05) is 20.3 Å². The van der Waals surface area contributed by atoms with Crippen LogP contribution in [0, 0.1) is 11.7 Å². The number of nitrogens with one attached hydrogen (secondary N) is 1. The van der Waals surface area contributed by atoms with E-state index in [1.165, 1.54) is 6.07 Å². The first-order valence-corrected chi connectivity index (χ1v) is 7.58. The van der Waals surface area contributed by atoms with Gasteiger partial charge in [0.2, 0.25) is 0 Å².